The molecule has 102 valence electrons. The van der Waals surface area contributed by atoms with Crippen molar-refractivity contribution in [3.05, 3.63) is 35.6 Å². The van der Waals surface area contributed by atoms with Gasteiger partial charge < -0.3 is 14.5 Å². The van der Waals surface area contributed by atoms with E-state index in [1.54, 1.807) is 13.2 Å². The van der Waals surface area contributed by atoms with Gasteiger partial charge in [0.15, 0.2) is 5.76 Å². The number of halogens is 1. The number of fused-ring (bicyclic) bond motifs is 1. The Morgan fingerprint density at radius 2 is 2.26 bits per heavy atom. The van der Waals surface area contributed by atoms with Crippen molar-refractivity contribution in [3.63, 3.8) is 0 Å². The monoisotopic (exact) mass is 325 g/mol. The maximum absolute atomic E-state index is 11.9. The predicted molar refractivity (Wildman–Crippen MR) is 77.9 cm³/mol. The fourth-order valence-corrected chi connectivity index (χ4v) is 2.23. The van der Waals surface area contributed by atoms with E-state index in [1.165, 1.54) is 0 Å². The molecule has 0 saturated carbocycles. The van der Waals surface area contributed by atoms with Crippen molar-refractivity contribution in [1.82, 2.24) is 5.32 Å². The average molecular weight is 326 g/mol. The smallest absolute Gasteiger partial charge is 0.287 e. The fraction of sp³-hybridized carbons (Fsp3) is 0.357. The number of aryl methyl sites for hydroxylation is 1. The van der Waals surface area contributed by atoms with Gasteiger partial charge >= 0.3 is 0 Å². The zero-order valence-electron chi connectivity index (χ0n) is 10.9. The maximum Gasteiger partial charge on any atom is 0.287 e. The molecule has 0 spiro atoms. The van der Waals surface area contributed by atoms with Crippen LogP contribution in [0.3, 0.4) is 0 Å². The normalized spacial score (nSPS) is 12.6. The minimum absolute atomic E-state index is 0.0908. The predicted octanol–water partition coefficient (Wildman–Crippen LogP) is 2.88. The van der Waals surface area contributed by atoms with E-state index in [9.17, 15) is 4.79 Å². The van der Waals surface area contributed by atoms with Crippen molar-refractivity contribution in [1.29, 1.82) is 0 Å². The number of rotatable bonds is 5. The van der Waals surface area contributed by atoms with Crippen molar-refractivity contribution in [3.8, 4) is 0 Å². The third-order valence-corrected chi connectivity index (χ3v) is 3.32. The molecule has 0 saturated heterocycles. The second-order valence-corrected chi connectivity index (χ2v) is 5.71. The van der Waals surface area contributed by atoms with E-state index in [-0.39, 0.29) is 10.7 Å². The molecule has 1 unspecified atom stereocenters. The molecule has 19 heavy (non-hydrogen) atoms. The van der Waals surface area contributed by atoms with Crippen LogP contribution in [-0.2, 0) is 4.74 Å². The van der Waals surface area contributed by atoms with Gasteiger partial charge in [0.1, 0.15) is 5.58 Å². The molecule has 1 N–H and O–H groups in total. The van der Waals surface area contributed by atoms with E-state index in [0.29, 0.717) is 18.9 Å². The molecule has 0 aliphatic heterocycles. The first kappa shape index (κ1) is 14.1. The summed E-state index contributed by atoms with van der Waals surface area (Å²) < 4.78 is 10.5. The summed E-state index contributed by atoms with van der Waals surface area (Å²) in [6.45, 7) is 3.04. The van der Waals surface area contributed by atoms with Crippen LogP contribution in [0.5, 0.6) is 0 Å². The largest absolute Gasteiger partial charge is 0.451 e. The molecule has 0 radical (unpaired) electrons. The van der Waals surface area contributed by atoms with E-state index in [4.69, 9.17) is 9.15 Å². The number of amides is 1. The lowest BCUT2D eigenvalue weighted by Crippen LogP contribution is -2.31. The Hall–Kier alpha value is -1.33. The number of alkyl halides is 1. The quantitative estimate of drug-likeness (QED) is 0.860. The fourth-order valence-electron chi connectivity index (χ4n) is 1.81. The number of benzene rings is 1. The van der Waals surface area contributed by atoms with Crippen molar-refractivity contribution < 1.29 is 13.9 Å². The highest BCUT2D eigenvalue weighted by molar-refractivity contribution is 9.09. The third-order valence-electron chi connectivity index (χ3n) is 2.73. The molecule has 1 aromatic heterocycles. The maximum atomic E-state index is 11.9. The summed E-state index contributed by atoms with van der Waals surface area (Å²) >= 11 is 3.41. The molecule has 2 rings (SSSR count). The Morgan fingerprint density at radius 1 is 1.47 bits per heavy atom. The number of hydrogen-bond acceptors (Lipinski definition) is 3. The zero-order valence-corrected chi connectivity index (χ0v) is 12.5. The topological polar surface area (TPSA) is 51.5 Å². The zero-order chi connectivity index (χ0) is 13.8. The van der Waals surface area contributed by atoms with Gasteiger partial charge in [-0.3, -0.25) is 4.79 Å². The Kier molecular flexibility index (Phi) is 4.61. The molecule has 0 aliphatic carbocycles. The highest BCUT2D eigenvalue weighted by Crippen LogP contribution is 2.20. The number of ether oxygens (including phenoxy) is 1. The SMILES string of the molecule is COCC(Br)CNC(=O)c1cc2cc(C)ccc2o1. The van der Waals surface area contributed by atoms with Crippen molar-refractivity contribution in [2.24, 2.45) is 0 Å². The van der Waals surface area contributed by atoms with Gasteiger partial charge in [0, 0.05) is 19.0 Å². The molecule has 0 fully saturated rings. The lowest BCUT2D eigenvalue weighted by Gasteiger charge is -2.08. The van der Waals surface area contributed by atoms with E-state index in [1.807, 2.05) is 25.1 Å². The van der Waals surface area contributed by atoms with Gasteiger partial charge in [-0.2, -0.15) is 0 Å². The van der Waals surface area contributed by atoms with Crippen LogP contribution in [0.25, 0.3) is 11.0 Å². The van der Waals surface area contributed by atoms with Gasteiger partial charge in [0.05, 0.1) is 11.4 Å². The van der Waals surface area contributed by atoms with Gasteiger partial charge in [-0.25, -0.2) is 0 Å². The molecule has 0 aliphatic rings. The summed E-state index contributed by atoms with van der Waals surface area (Å²) in [4.78, 5) is 12.0. The Morgan fingerprint density at radius 3 is 3.00 bits per heavy atom. The molecule has 1 aromatic carbocycles. The first-order valence-corrected chi connectivity index (χ1v) is 6.93. The third kappa shape index (κ3) is 3.58. The van der Waals surface area contributed by atoms with Crippen LogP contribution < -0.4 is 5.32 Å². The molecule has 0 bridgehead atoms. The first-order valence-electron chi connectivity index (χ1n) is 6.01. The van der Waals surface area contributed by atoms with Gasteiger partial charge in [-0.1, -0.05) is 27.6 Å². The lowest BCUT2D eigenvalue weighted by atomic mass is 10.2. The second-order valence-electron chi connectivity index (χ2n) is 4.41. The molecule has 2 aromatic rings. The molecular formula is C14H16BrNO3. The minimum Gasteiger partial charge on any atom is -0.451 e. The highest BCUT2D eigenvalue weighted by atomic mass is 79.9. The standard InChI is InChI=1S/C14H16BrNO3/c1-9-3-4-12-10(5-9)6-13(19-12)14(17)16-7-11(15)8-18-2/h3-6,11H,7-8H2,1-2H3,(H,16,17). The first-order chi connectivity index (χ1) is 9.10. The van der Waals surface area contributed by atoms with Crippen LogP contribution >= 0.6 is 15.9 Å². The number of carbonyl (C=O) groups excluding carboxylic acids is 1. The van der Waals surface area contributed by atoms with Gasteiger partial charge in [-0.05, 0) is 25.1 Å². The number of nitrogens with one attached hydrogen (secondary N) is 1. The molecule has 1 heterocycles. The molecule has 4 nitrogen and oxygen atoms in total. The summed E-state index contributed by atoms with van der Waals surface area (Å²) in [5.74, 6) is 0.118. The Bertz CT molecular complexity index is 579. The number of methoxy groups -OCH3 is 1. The Balaban J connectivity index is 2.05. The minimum atomic E-state index is -0.214. The summed E-state index contributed by atoms with van der Waals surface area (Å²) in [5.41, 5.74) is 1.86. The summed E-state index contributed by atoms with van der Waals surface area (Å²) in [7, 11) is 1.62. The van der Waals surface area contributed by atoms with Crippen LogP contribution in [0, 0.1) is 6.92 Å². The average Bonchev–Trinajstić information content (AvgIpc) is 2.79. The summed E-state index contributed by atoms with van der Waals surface area (Å²) in [6, 6.07) is 7.59. The molecular weight excluding hydrogens is 310 g/mol. The summed E-state index contributed by atoms with van der Waals surface area (Å²) in [6.07, 6.45) is 0. The molecule has 5 heteroatoms. The molecule has 1 atom stereocenters. The van der Waals surface area contributed by atoms with Gasteiger partial charge in [-0.15, -0.1) is 0 Å². The van der Waals surface area contributed by atoms with E-state index >= 15 is 0 Å². The second kappa shape index (κ2) is 6.21. The van der Waals surface area contributed by atoms with Gasteiger partial charge in [0.2, 0.25) is 0 Å². The van der Waals surface area contributed by atoms with Crippen molar-refractivity contribution in [2.75, 3.05) is 20.3 Å². The van der Waals surface area contributed by atoms with Crippen molar-refractivity contribution in [2.45, 2.75) is 11.8 Å². The van der Waals surface area contributed by atoms with E-state index in [2.05, 4.69) is 21.2 Å². The van der Waals surface area contributed by atoms with Gasteiger partial charge in [0.25, 0.3) is 5.91 Å². The number of hydrogen-bond donors (Lipinski definition) is 1. The van der Waals surface area contributed by atoms with Crippen LogP contribution in [-0.4, -0.2) is 31.0 Å². The molecule has 1 amide bonds. The van der Waals surface area contributed by atoms with Crippen LogP contribution in [0.2, 0.25) is 0 Å². The van der Waals surface area contributed by atoms with E-state index in [0.717, 1.165) is 16.5 Å². The lowest BCUT2D eigenvalue weighted by molar-refractivity contribution is 0.0924. The van der Waals surface area contributed by atoms with Crippen LogP contribution in [0.1, 0.15) is 16.1 Å². The highest BCUT2D eigenvalue weighted by Gasteiger charge is 2.13. The van der Waals surface area contributed by atoms with E-state index < -0.39 is 0 Å². The van der Waals surface area contributed by atoms with Crippen LogP contribution in [0.4, 0.5) is 0 Å². The number of furan rings is 1. The number of carbonyl (C=O) groups is 1. The summed E-state index contributed by atoms with van der Waals surface area (Å²) in [5, 5.41) is 3.74. The Labute approximate surface area is 120 Å². The van der Waals surface area contributed by atoms with Crippen molar-refractivity contribution >= 4 is 32.8 Å². The van der Waals surface area contributed by atoms with Crippen LogP contribution in [0.15, 0.2) is 28.7 Å².